The number of hydrogen-bond acceptors (Lipinski definition) is 4. The Morgan fingerprint density at radius 2 is 1.56 bits per heavy atom. The molecule has 5 nitrogen and oxygen atoms in total. The average Bonchev–Trinajstić information content (AvgIpc) is 2.61. The first-order valence-electron chi connectivity index (χ1n) is 7.53. The summed E-state index contributed by atoms with van der Waals surface area (Å²) in [4.78, 5) is 24.5. The molecule has 1 aliphatic heterocycles. The lowest BCUT2D eigenvalue weighted by Crippen LogP contribution is -2.49. The molecule has 0 saturated carbocycles. The fraction of sp³-hybridized carbons (Fsp3) is 0.312. The van der Waals surface area contributed by atoms with Crippen molar-refractivity contribution in [1.82, 2.24) is 14.9 Å². The molecule has 2 heterocycles. The Hall–Kier alpha value is -2.16. The average molecular weight is 415 g/mol. The molecule has 0 unspecified atom stereocenters. The maximum atomic E-state index is 12.6. The van der Waals surface area contributed by atoms with Crippen molar-refractivity contribution in [2.45, 2.75) is 6.18 Å². The van der Waals surface area contributed by atoms with Gasteiger partial charge in [-0.15, -0.1) is 0 Å². The van der Waals surface area contributed by atoms with Gasteiger partial charge in [0.1, 0.15) is 0 Å². The number of carbonyl (C=O) groups excluding carboxylic acids is 1. The van der Waals surface area contributed by atoms with E-state index in [9.17, 15) is 18.0 Å². The van der Waals surface area contributed by atoms with E-state index in [4.69, 9.17) is 0 Å². The van der Waals surface area contributed by atoms with Gasteiger partial charge in [-0.3, -0.25) is 4.79 Å². The molecule has 0 spiro atoms. The number of rotatable bonds is 2. The smallest absolute Gasteiger partial charge is 0.337 e. The van der Waals surface area contributed by atoms with E-state index in [1.165, 1.54) is 12.1 Å². The molecular weight excluding hydrogens is 401 g/mol. The van der Waals surface area contributed by atoms with E-state index in [1.54, 1.807) is 17.3 Å². The topological polar surface area (TPSA) is 49.3 Å². The molecule has 9 heteroatoms. The first-order chi connectivity index (χ1) is 11.8. The maximum Gasteiger partial charge on any atom is 0.416 e. The zero-order valence-electron chi connectivity index (χ0n) is 13.0. The molecule has 0 aliphatic carbocycles. The number of aromatic nitrogens is 2. The zero-order chi connectivity index (χ0) is 18.0. The summed E-state index contributed by atoms with van der Waals surface area (Å²) >= 11 is 3.27. The Morgan fingerprint density at radius 3 is 2.08 bits per heavy atom. The van der Waals surface area contributed by atoms with E-state index in [2.05, 4.69) is 25.9 Å². The molecule has 1 saturated heterocycles. The Labute approximate surface area is 150 Å². The number of benzene rings is 1. The van der Waals surface area contributed by atoms with Gasteiger partial charge in [0.05, 0.1) is 10.0 Å². The quantitative estimate of drug-likeness (QED) is 0.756. The predicted octanol–water partition coefficient (Wildman–Crippen LogP) is 3.22. The maximum absolute atomic E-state index is 12.6. The van der Waals surface area contributed by atoms with Crippen molar-refractivity contribution in [3.05, 3.63) is 52.3 Å². The molecule has 3 rings (SSSR count). The normalized spacial score (nSPS) is 15.4. The summed E-state index contributed by atoms with van der Waals surface area (Å²) in [6.45, 7) is 2.04. The summed E-state index contributed by atoms with van der Waals surface area (Å²) in [7, 11) is 0. The first-order valence-corrected chi connectivity index (χ1v) is 8.33. The van der Waals surface area contributed by atoms with Crippen molar-refractivity contribution in [3.8, 4) is 0 Å². The van der Waals surface area contributed by atoms with Crippen LogP contribution in [0.15, 0.2) is 41.1 Å². The van der Waals surface area contributed by atoms with Crippen LogP contribution in [0.5, 0.6) is 0 Å². The van der Waals surface area contributed by atoms with Gasteiger partial charge < -0.3 is 9.80 Å². The number of piperazine rings is 1. The second kappa shape index (κ2) is 6.99. The van der Waals surface area contributed by atoms with E-state index >= 15 is 0 Å². The number of nitrogens with zero attached hydrogens (tertiary/aromatic N) is 4. The highest BCUT2D eigenvalue weighted by Gasteiger charge is 2.30. The summed E-state index contributed by atoms with van der Waals surface area (Å²) in [5.41, 5.74) is -0.511. The third kappa shape index (κ3) is 4.09. The molecule has 1 aromatic carbocycles. The van der Waals surface area contributed by atoms with Crippen molar-refractivity contribution >= 4 is 27.8 Å². The third-order valence-corrected chi connectivity index (χ3v) is 4.33. The fourth-order valence-corrected chi connectivity index (χ4v) is 2.77. The Balaban J connectivity index is 1.62. The van der Waals surface area contributed by atoms with Crippen LogP contribution in [0.3, 0.4) is 0 Å². The minimum Gasteiger partial charge on any atom is -0.337 e. The van der Waals surface area contributed by atoms with Gasteiger partial charge in [0, 0.05) is 44.1 Å². The summed E-state index contributed by atoms with van der Waals surface area (Å²) in [6.07, 6.45) is -1.10. The highest BCUT2D eigenvalue weighted by atomic mass is 79.9. The molecule has 1 aliphatic rings. The molecular formula is C16H14BrF3N4O. The van der Waals surface area contributed by atoms with E-state index in [-0.39, 0.29) is 11.5 Å². The highest BCUT2D eigenvalue weighted by molar-refractivity contribution is 9.10. The fourth-order valence-electron chi connectivity index (χ4n) is 2.56. The minimum absolute atomic E-state index is 0.251. The van der Waals surface area contributed by atoms with E-state index in [1.807, 2.05) is 4.90 Å². The second-order valence-electron chi connectivity index (χ2n) is 5.56. The molecule has 132 valence electrons. The predicted molar refractivity (Wildman–Crippen MR) is 89.3 cm³/mol. The molecule has 0 N–H and O–H groups in total. The van der Waals surface area contributed by atoms with Gasteiger partial charge in [0.2, 0.25) is 5.95 Å². The van der Waals surface area contributed by atoms with E-state index in [0.29, 0.717) is 32.1 Å². The van der Waals surface area contributed by atoms with Crippen LogP contribution in [0.1, 0.15) is 15.9 Å². The lowest BCUT2D eigenvalue weighted by molar-refractivity contribution is -0.137. The number of amides is 1. The zero-order valence-corrected chi connectivity index (χ0v) is 14.6. The standard InChI is InChI=1S/C16H14BrF3N4O/c17-13-9-21-15(22-10-13)24-7-5-23(6-8-24)14(25)11-1-3-12(4-2-11)16(18,19)20/h1-4,9-10H,5-8H2. The molecule has 25 heavy (non-hydrogen) atoms. The Morgan fingerprint density at radius 1 is 1.00 bits per heavy atom. The van der Waals surface area contributed by atoms with Gasteiger partial charge in [-0.25, -0.2) is 9.97 Å². The molecule has 0 radical (unpaired) electrons. The van der Waals surface area contributed by atoms with Crippen LogP contribution < -0.4 is 4.90 Å². The molecule has 1 fully saturated rings. The second-order valence-corrected chi connectivity index (χ2v) is 6.47. The number of halogens is 4. The Kier molecular flexibility index (Phi) is 4.94. The lowest BCUT2D eigenvalue weighted by atomic mass is 10.1. The molecule has 0 bridgehead atoms. The summed E-state index contributed by atoms with van der Waals surface area (Å²) in [5, 5.41) is 0. The molecule has 1 aromatic heterocycles. The molecule has 0 atom stereocenters. The van der Waals surface area contributed by atoms with Gasteiger partial charge in [-0.1, -0.05) is 0 Å². The van der Waals surface area contributed by atoms with Crippen LogP contribution in [0.4, 0.5) is 19.1 Å². The minimum atomic E-state index is -4.40. The van der Waals surface area contributed by atoms with Crippen molar-refractivity contribution in [1.29, 1.82) is 0 Å². The van der Waals surface area contributed by atoms with E-state index < -0.39 is 11.7 Å². The van der Waals surface area contributed by atoms with Crippen LogP contribution >= 0.6 is 15.9 Å². The van der Waals surface area contributed by atoms with Crippen molar-refractivity contribution < 1.29 is 18.0 Å². The van der Waals surface area contributed by atoms with Gasteiger partial charge in [-0.2, -0.15) is 13.2 Å². The molecule has 2 aromatic rings. The number of carbonyl (C=O) groups is 1. The van der Waals surface area contributed by atoms with Crippen LogP contribution in [-0.2, 0) is 6.18 Å². The van der Waals surface area contributed by atoms with Crippen LogP contribution in [0, 0.1) is 0 Å². The number of hydrogen-bond donors (Lipinski definition) is 0. The van der Waals surface area contributed by atoms with Gasteiger partial charge in [0.25, 0.3) is 5.91 Å². The monoisotopic (exact) mass is 414 g/mol. The summed E-state index contributed by atoms with van der Waals surface area (Å²) < 4.78 is 38.6. The third-order valence-electron chi connectivity index (χ3n) is 3.92. The van der Waals surface area contributed by atoms with Crippen molar-refractivity contribution in [2.75, 3.05) is 31.1 Å². The van der Waals surface area contributed by atoms with Gasteiger partial charge in [-0.05, 0) is 40.2 Å². The first kappa shape index (κ1) is 17.7. The van der Waals surface area contributed by atoms with Crippen LogP contribution in [0.25, 0.3) is 0 Å². The van der Waals surface area contributed by atoms with Gasteiger partial charge >= 0.3 is 6.18 Å². The summed E-state index contributed by atoms with van der Waals surface area (Å²) in [6, 6.07) is 4.29. The number of anilines is 1. The number of alkyl halides is 3. The molecule has 1 amide bonds. The van der Waals surface area contributed by atoms with Gasteiger partial charge in [0.15, 0.2) is 0 Å². The highest BCUT2D eigenvalue weighted by Crippen LogP contribution is 2.29. The van der Waals surface area contributed by atoms with Crippen LogP contribution in [-0.4, -0.2) is 47.0 Å². The van der Waals surface area contributed by atoms with Crippen molar-refractivity contribution in [2.24, 2.45) is 0 Å². The SMILES string of the molecule is O=C(c1ccc(C(F)(F)F)cc1)N1CCN(c2ncc(Br)cn2)CC1. The summed E-state index contributed by atoms with van der Waals surface area (Å²) in [5.74, 6) is 0.315. The van der Waals surface area contributed by atoms with E-state index in [0.717, 1.165) is 16.6 Å². The Bertz CT molecular complexity index is 741. The lowest BCUT2D eigenvalue weighted by Gasteiger charge is -2.34. The largest absolute Gasteiger partial charge is 0.416 e. The van der Waals surface area contributed by atoms with Crippen LogP contribution in [0.2, 0.25) is 0 Å². The van der Waals surface area contributed by atoms with Crippen molar-refractivity contribution in [3.63, 3.8) is 0 Å².